The molecule has 30 heavy (non-hydrogen) atoms. The first kappa shape index (κ1) is 22.6. The Hall–Kier alpha value is -2.11. The van der Waals surface area contributed by atoms with Gasteiger partial charge in [-0.15, -0.1) is 0 Å². The summed E-state index contributed by atoms with van der Waals surface area (Å²) in [5.74, 6) is 1.03. The second kappa shape index (κ2) is 9.36. The highest BCUT2D eigenvalue weighted by atomic mass is 32.2. The SMILES string of the molecule is CCCn1c(N2CCCC2)c(C=C2SC(=S)N(CC(C)C)C2=O)c(C)c(C#N)c1=O. The molecule has 1 amide bonds. The van der Waals surface area contributed by atoms with Crippen molar-refractivity contribution < 1.29 is 4.79 Å². The third-order valence-corrected chi connectivity index (χ3v) is 6.77. The number of hydrogen-bond acceptors (Lipinski definition) is 6. The van der Waals surface area contributed by atoms with Crippen molar-refractivity contribution in [1.82, 2.24) is 9.47 Å². The van der Waals surface area contributed by atoms with Crippen molar-refractivity contribution in [2.45, 2.75) is 53.5 Å². The third-order valence-electron chi connectivity index (χ3n) is 5.40. The Morgan fingerprint density at radius 1 is 1.27 bits per heavy atom. The van der Waals surface area contributed by atoms with Crippen LogP contribution in [-0.4, -0.2) is 39.3 Å². The molecular formula is C22H28N4O2S2. The maximum absolute atomic E-state index is 13.1. The van der Waals surface area contributed by atoms with Crippen LogP contribution in [0.15, 0.2) is 9.70 Å². The van der Waals surface area contributed by atoms with E-state index in [4.69, 9.17) is 12.2 Å². The summed E-state index contributed by atoms with van der Waals surface area (Å²) in [6, 6.07) is 2.09. The highest BCUT2D eigenvalue weighted by molar-refractivity contribution is 8.26. The number of aromatic nitrogens is 1. The quantitative estimate of drug-likeness (QED) is 0.490. The van der Waals surface area contributed by atoms with Crippen molar-refractivity contribution in [2.24, 2.45) is 5.92 Å². The van der Waals surface area contributed by atoms with Crippen molar-refractivity contribution in [2.75, 3.05) is 24.5 Å². The summed E-state index contributed by atoms with van der Waals surface area (Å²) in [5, 5.41) is 9.67. The molecule has 2 fully saturated rings. The van der Waals surface area contributed by atoms with E-state index in [9.17, 15) is 14.9 Å². The normalized spacial score (nSPS) is 18.2. The van der Waals surface area contributed by atoms with E-state index in [1.54, 1.807) is 16.4 Å². The van der Waals surface area contributed by atoms with Gasteiger partial charge in [-0.2, -0.15) is 5.26 Å². The molecule has 8 heteroatoms. The number of carbonyl (C=O) groups excluding carboxylic acids is 1. The molecule has 1 aromatic heterocycles. The van der Waals surface area contributed by atoms with Gasteiger partial charge in [0.1, 0.15) is 21.8 Å². The average molecular weight is 445 g/mol. The minimum absolute atomic E-state index is 0.0998. The fraction of sp³-hybridized carbons (Fsp3) is 0.545. The Bertz CT molecular complexity index is 998. The predicted molar refractivity (Wildman–Crippen MR) is 127 cm³/mol. The molecule has 0 unspecified atom stereocenters. The number of nitriles is 1. The van der Waals surface area contributed by atoms with Crippen molar-refractivity contribution in [3.63, 3.8) is 0 Å². The number of nitrogens with zero attached hydrogens (tertiary/aromatic N) is 4. The molecular weight excluding hydrogens is 416 g/mol. The molecule has 2 saturated heterocycles. The van der Waals surface area contributed by atoms with Gasteiger partial charge in [0.05, 0.1) is 4.91 Å². The van der Waals surface area contributed by atoms with Crippen LogP contribution in [-0.2, 0) is 11.3 Å². The van der Waals surface area contributed by atoms with Crippen LogP contribution in [0.4, 0.5) is 5.82 Å². The first-order valence-electron chi connectivity index (χ1n) is 10.5. The van der Waals surface area contributed by atoms with Crippen LogP contribution in [0.25, 0.3) is 6.08 Å². The van der Waals surface area contributed by atoms with E-state index in [0.29, 0.717) is 33.8 Å². The Morgan fingerprint density at radius 3 is 2.50 bits per heavy atom. The van der Waals surface area contributed by atoms with E-state index in [-0.39, 0.29) is 17.0 Å². The van der Waals surface area contributed by atoms with E-state index in [1.165, 1.54) is 11.8 Å². The lowest BCUT2D eigenvalue weighted by molar-refractivity contribution is -0.122. The molecule has 0 aliphatic carbocycles. The maximum atomic E-state index is 13.1. The van der Waals surface area contributed by atoms with Crippen LogP contribution in [0, 0.1) is 24.2 Å². The number of anilines is 1. The fourth-order valence-electron chi connectivity index (χ4n) is 4.00. The van der Waals surface area contributed by atoms with Crippen LogP contribution in [0.2, 0.25) is 0 Å². The molecule has 0 bridgehead atoms. The van der Waals surface area contributed by atoms with Crippen molar-refractivity contribution in [1.29, 1.82) is 5.26 Å². The maximum Gasteiger partial charge on any atom is 0.270 e. The van der Waals surface area contributed by atoms with Gasteiger partial charge in [0, 0.05) is 31.7 Å². The Kier molecular flexibility index (Phi) is 7.04. The van der Waals surface area contributed by atoms with Gasteiger partial charge in [-0.3, -0.25) is 19.1 Å². The summed E-state index contributed by atoms with van der Waals surface area (Å²) in [6.45, 7) is 10.8. The Labute approximate surface area is 187 Å². The van der Waals surface area contributed by atoms with Gasteiger partial charge in [0.25, 0.3) is 11.5 Å². The number of carbonyl (C=O) groups is 1. The van der Waals surface area contributed by atoms with E-state index in [2.05, 4.69) is 24.8 Å². The van der Waals surface area contributed by atoms with Gasteiger partial charge < -0.3 is 4.90 Å². The van der Waals surface area contributed by atoms with Gasteiger partial charge in [-0.05, 0) is 43.7 Å². The summed E-state index contributed by atoms with van der Waals surface area (Å²) >= 11 is 6.74. The third kappa shape index (κ3) is 4.19. The van der Waals surface area contributed by atoms with Crippen LogP contribution in [0.3, 0.4) is 0 Å². The highest BCUT2D eigenvalue weighted by Crippen LogP contribution is 2.36. The van der Waals surface area contributed by atoms with Gasteiger partial charge in [-0.1, -0.05) is 44.8 Å². The summed E-state index contributed by atoms with van der Waals surface area (Å²) in [6.07, 6.45) is 4.75. The highest BCUT2D eigenvalue weighted by Gasteiger charge is 2.33. The standard InChI is InChI=1S/C22H28N4O2S2/c1-5-8-25-19(24-9-6-7-10-24)16(15(4)17(12-23)20(25)27)11-18-21(28)26(13-14(2)3)22(29)30-18/h11,14H,5-10,13H2,1-4H3. The van der Waals surface area contributed by atoms with Crippen LogP contribution in [0.5, 0.6) is 0 Å². The number of rotatable bonds is 6. The van der Waals surface area contributed by atoms with Crippen LogP contribution < -0.4 is 10.5 Å². The molecule has 2 aliphatic rings. The summed E-state index contributed by atoms with van der Waals surface area (Å²) in [7, 11) is 0. The molecule has 0 atom stereocenters. The first-order valence-corrected chi connectivity index (χ1v) is 11.7. The van der Waals surface area contributed by atoms with Gasteiger partial charge in [-0.25, -0.2) is 0 Å². The molecule has 0 N–H and O–H groups in total. The second-order valence-electron chi connectivity index (χ2n) is 8.19. The topological polar surface area (TPSA) is 69.3 Å². The summed E-state index contributed by atoms with van der Waals surface area (Å²) in [4.78, 5) is 30.5. The van der Waals surface area contributed by atoms with Gasteiger partial charge >= 0.3 is 0 Å². The minimum atomic E-state index is -0.247. The molecule has 3 heterocycles. The molecule has 0 saturated carbocycles. The monoisotopic (exact) mass is 444 g/mol. The van der Waals surface area contributed by atoms with Crippen molar-refractivity contribution in [3.8, 4) is 6.07 Å². The predicted octanol–water partition coefficient (Wildman–Crippen LogP) is 3.90. The van der Waals surface area contributed by atoms with Crippen LogP contribution >= 0.6 is 24.0 Å². The van der Waals surface area contributed by atoms with E-state index in [1.807, 2.05) is 13.0 Å². The summed E-state index contributed by atoms with van der Waals surface area (Å²) < 4.78 is 2.28. The number of hydrogen-bond donors (Lipinski definition) is 0. The van der Waals surface area contributed by atoms with Crippen LogP contribution in [0.1, 0.15) is 56.7 Å². The molecule has 0 radical (unpaired) electrons. The Morgan fingerprint density at radius 2 is 1.93 bits per heavy atom. The Balaban J connectivity index is 2.21. The fourth-order valence-corrected chi connectivity index (χ4v) is 5.26. The van der Waals surface area contributed by atoms with Gasteiger partial charge in [0.15, 0.2) is 0 Å². The lowest BCUT2D eigenvalue weighted by atomic mass is 10.0. The lowest BCUT2D eigenvalue weighted by Gasteiger charge is -2.26. The largest absolute Gasteiger partial charge is 0.357 e. The number of thiocarbonyl (C=S) groups is 1. The van der Waals surface area contributed by atoms with Crippen molar-refractivity contribution >= 4 is 46.1 Å². The van der Waals surface area contributed by atoms with Crippen molar-refractivity contribution in [3.05, 3.63) is 31.9 Å². The molecule has 160 valence electrons. The summed E-state index contributed by atoms with van der Waals surface area (Å²) in [5.41, 5.74) is 1.32. The zero-order chi connectivity index (χ0) is 22.0. The number of pyridine rings is 1. The smallest absolute Gasteiger partial charge is 0.270 e. The molecule has 0 spiro atoms. The van der Waals surface area contributed by atoms with Gasteiger partial charge in [0.2, 0.25) is 0 Å². The zero-order valence-electron chi connectivity index (χ0n) is 18.0. The molecule has 1 aromatic rings. The van der Waals surface area contributed by atoms with E-state index >= 15 is 0 Å². The van der Waals surface area contributed by atoms with E-state index in [0.717, 1.165) is 43.7 Å². The first-order chi connectivity index (χ1) is 14.3. The average Bonchev–Trinajstić information content (AvgIpc) is 3.30. The molecule has 3 rings (SSSR count). The molecule has 6 nitrogen and oxygen atoms in total. The zero-order valence-corrected chi connectivity index (χ0v) is 19.7. The lowest BCUT2D eigenvalue weighted by Crippen LogP contribution is -2.33. The number of amides is 1. The molecule has 0 aromatic carbocycles. The minimum Gasteiger partial charge on any atom is -0.357 e. The molecule has 2 aliphatic heterocycles. The number of thioether (sulfide) groups is 1. The second-order valence-corrected chi connectivity index (χ2v) is 9.86. The van der Waals surface area contributed by atoms with E-state index < -0.39 is 0 Å².